The average molecular weight is 208 g/mol. The van der Waals surface area contributed by atoms with E-state index in [4.69, 9.17) is 17.3 Å². The fourth-order valence-corrected chi connectivity index (χ4v) is 1.11. The highest BCUT2D eigenvalue weighted by Crippen LogP contribution is 2.20. The minimum atomic E-state index is -0.0392. The van der Waals surface area contributed by atoms with E-state index in [-0.39, 0.29) is 12.2 Å². The number of Topliss-reactive ketones (excluding diaryl/α,β-unsaturated/α-hetero) is 1. The number of benzene rings is 1. The highest BCUT2D eigenvalue weighted by atomic mass is 35.5. The second-order valence-corrected chi connectivity index (χ2v) is 3.17. The molecule has 2 nitrogen and oxygen atoms in total. The van der Waals surface area contributed by atoms with Crippen LogP contribution in [0.1, 0.15) is 23.7 Å². The monoisotopic (exact) mass is 207 g/mol. The molecule has 0 aliphatic carbocycles. The first-order valence-electron chi connectivity index (χ1n) is 4.13. The molecular weight excluding hydrogens is 198 g/mol. The number of anilines is 1. The van der Waals surface area contributed by atoms with Gasteiger partial charge in [-0.1, -0.05) is 17.5 Å². The molecule has 0 radical (unpaired) electrons. The first-order chi connectivity index (χ1) is 6.65. The maximum Gasteiger partial charge on any atom is 0.174 e. The fourth-order valence-electron chi connectivity index (χ4n) is 0.988. The van der Waals surface area contributed by atoms with Crippen molar-refractivity contribution in [3.63, 3.8) is 0 Å². The molecule has 0 bridgehead atoms. The third-order valence-corrected chi connectivity index (χ3v) is 2.09. The molecule has 3 heteroatoms. The lowest BCUT2D eigenvalue weighted by molar-refractivity contribution is 0.0998. The zero-order valence-electron chi connectivity index (χ0n) is 7.80. The van der Waals surface area contributed by atoms with Crippen molar-refractivity contribution >= 4 is 23.1 Å². The van der Waals surface area contributed by atoms with E-state index in [1.165, 1.54) is 0 Å². The van der Waals surface area contributed by atoms with Crippen molar-refractivity contribution in [2.75, 3.05) is 5.73 Å². The average Bonchev–Trinajstić information content (AvgIpc) is 2.18. The van der Waals surface area contributed by atoms with Crippen molar-refractivity contribution in [3.8, 4) is 11.8 Å². The van der Waals surface area contributed by atoms with Crippen molar-refractivity contribution < 1.29 is 4.79 Å². The molecule has 0 atom stereocenters. The van der Waals surface area contributed by atoms with Crippen molar-refractivity contribution in [1.82, 2.24) is 0 Å². The minimum absolute atomic E-state index is 0.0392. The molecule has 0 aliphatic rings. The summed E-state index contributed by atoms with van der Waals surface area (Å²) in [6.07, 6.45) is 0.220. The van der Waals surface area contributed by atoms with Crippen LogP contribution in [-0.4, -0.2) is 5.78 Å². The molecule has 0 heterocycles. The molecule has 0 unspecified atom stereocenters. The zero-order chi connectivity index (χ0) is 10.6. The molecule has 1 aromatic rings. The molecule has 72 valence electrons. The van der Waals surface area contributed by atoms with E-state index < -0.39 is 0 Å². The summed E-state index contributed by atoms with van der Waals surface area (Å²) in [6, 6.07) is 4.84. The van der Waals surface area contributed by atoms with Crippen LogP contribution >= 0.6 is 11.6 Å². The Morgan fingerprint density at radius 1 is 1.57 bits per heavy atom. The van der Waals surface area contributed by atoms with Gasteiger partial charge >= 0.3 is 0 Å². The van der Waals surface area contributed by atoms with Crippen molar-refractivity contribution in [2.45, 2.75) is 13.3 Å². The predicted molar refractivity (Wildman–Crippen MR) is 58.3 cm³/mol. The van der Waals surface area contributed by atoms with Gasteiger partial charge in [-0.05, 0) is 25.1 Å². The quantitative estimate of drug-likeness (QED) is 0.460. The van der Waals surface area contributed by atoms with Gasteiger partial charge in [0.15, 0.2) is 5.78 Å². The van der Waals surface area contributed by atoms with E-state index in [0.717, 1.165) is 0 Å². The summed E-state index contributed by atoms with van der Waals surface area (Å²) < 4.78 is 0. The van der Waals surface area contributed by atoms with Gasteiger partial charge in [0.05, 0.1) is 17.1 Å². The first kappa shape index (κ1) is 10.6. The molecule has 2 N–H and O–H groups in total. The first-order valence-corrected chi connectivity index (χ1v) is 4.50. The lowest BCUT2D eigenvalue weighted by Crippen LogP contribution is -1.98. The van der Waals surface area contributed by atoms with Gasteiger partial charge in [0.2, 0.25) is 0 Å². The second-order valence-electron chi connectivity index (χ2n) is 2.76. The molecule has 1 rings (SSSR count). The number of halogens is 1. The third kappa shape index (κ3) is 2.51. The molecular formula is C11H10ClNO. The van der Waals surface area contributed by atoms with Crippen LogP contribution in [0.5, 0.6) is 0 Å². The fraction of sp³-hybridized carbons (Fsp3) is 0.182. The number of nitrogens with two attached hydrogens (primary N) is 1. The Hall–Kier alpha value is -1.46. The Bertz CT molecular complexity index is 415. The van der Waals surface area contributed by atoms with Crippen molar-refractivity contribution in [1.29, 1.82) is 0 Å². The molecule has 0 fully saturated rings. The van der Waals surface area contributed by atoms with E-state index in [1.54, 1.807) is 25.1 Å². The van der Waals surface area contributed by atoms with Crippen LogP contribution in [0.3, 0.4) is 0 Å². The summed E-state index contributed by atoms with van der Waals surface area (Å²) in [7, 11) is 0. The number of rotatable bonds is 2. The molecule has 0 spiro atoms. The second kappa shape index (κ2) is 4.69. The summed E-state index contributed by atoms with van der Waals surface area (Å²) in [6.45, 7) is 1.70. The van der Waals surface area contributed by atoms with Gasteiger partial charge in [0.25, 0.3) is 0 Å². The van der Waals surface area contributed by atoms with Crippen LogP contribution in [0.15, 0.2) is 18.2 Å². The Kier molecular flexibility index (Phi) is 3.55. The lowest BCUT2D eigenvalue weighted by atomic mass is 10.1. The SMILES string of the molecule is CC#CCC(=O)c1ccc(Cl)c(N)c1. The van der Waals surface area contributed by atoms with Crippen LogP contribution in [-0.2, 0) is 0 Å². The molecule has 1 aromatic carbocycles. The zero-order valence-corrected chi connectivity index (χ0v) is 8.56. The van der Waals surface area contributed by atoms with Gasteiger partial charge in [0, 0.05) is 5.56 Å². The smallest absolute Gasteiger partial charge is 0.174 e. The van der Waals surface area contributed by atoms with Crippen LogP contribution < -0.4 is 5.73 Å². The van der Waals surface area contributed by atoms with E-state index in [9.17, 15) is 4.79 Å². The number of nitrogen functional groups attached to an aromatic ring is 1. The number of hydrogen-bond donors (Lipinski definition) is 1. The molecule has 0 saturated carbocycles. The van der Waals surface area contributed by atoms with Gasteiger partial charge in [-0.15, -0.1) is 5.92 Å². The van der Waals surface area contributed by atoms with Gasteiger partial charge in [0.1, 0.15) is 0 Å². The maximum absolute atomic E-state index is 11.5. The molecule has 0 aromatic heterocycles. The van der Waals surface area contributed by atoms with Crippen molar-refractivity contribution in [2.24, 2.45) is 0 Å². The highest BCUT2D eigenvalue weighted by Gasteiger charge is 2.05. The largest absolute Gasteiger partial charge is 0.398 e. The standard InChI is InChI=1S/C11H10ClNO/c1-2-3-4-11(14)8-5-6-9(12)10(13)7-8/h5-7H,4,13H2,1H3. The van der Waals surface area contributed by atoms with Crippen LogP contribution in [0.4, 0.5) is 5.69 Å². The van der Waals surface area contributed by atoms with E-state index in [0.29, 0.717) is 16.3 Å². The Balaban J connectivity index is 2.89. The molecule has 0 amide bonds. The number of carbonyl (C=O) groups is 1. The van der Waals surface area contributed by atoms with Crippen LogP contribution in [0, 0.1) is 11.8 Å². The lowest BCUT2D eigenvalue weighted by Gasteiger charge is -2.00. The maximum atomic E-state index is 11.5. The molecule has 14 heavy (non-hydrogen) atoms. The van der Waals surface area contributed by atoms with Gasteiger partial charge in [-0.2, -0.15) is 0 Å². The van der Waals surface area contributed by atoms with Crippen molar-refractivity contribution in [3.05, 3.63) is 28.8 Å². The summed E-state index contributed by atoms with van der Waals surface area (Å²) in [5, 5.41) is 0.461. The normalized spacial score (nSPS) is 9.00. The number of carbonyl (C=O) groups excluding carboxylic acids is 1. The van der Waals surface area contributed by atoms with E-state index >= 15 is 0 Å². The minimum Gasteiger partial charge on any atom is -0.398 e. The number of ketones is 1. The third-order valence-electron chi connectivity index (χ3n) is 1.74. The Morgan fingerprint density at radius 3 is 2.86 bits per heavy atom. The van der Waals surface area contributed by atoms with E-state index in [2.05, 4.69) is 11.8 Å². The predicted octanol–water partition coefficient (Wildman–Crippen LogP) is 2.52. The Morgan fingerprint density at radius 2 is 2.29 bits per heavy atom. The van der Waals surface area contributed by atoms with Crippen LogP contribution in [0.2, 0.25) is 5.02 Å². The summed E-state index contributed by atoms with van der Waals surface area (Å²) in [4.78, 5) is 11.5. The van der Waals surface area contributed by atoms with Gasteiger partial charge < -0.3 is 5.73 Å². The summed E-state index contributed by atoms with van der Waals surface area (Å²) >= 11 is 5.73. The topological polar surface area (TPSA) is 43.1 Å². The number of hydrogen-bond acceptors (Lipinski definition) is 2. The Labute approximate surface area is 88.1 Å². The van der Waals surface area contributed by atoms with Gasteiger partial charge in [-0.25, -0.2) is 0 Å². The van der Waals surface area contributed by atoms with E-state index in [1.807, 2.05) is 0 Å². The molecule has 0 aliphatic heterocycles. The summed E-state index contributed by atoms with van der Waals surface area (Å²) in [5.74, 6) is 5.33. The summed E-state index contributed by atoms with van der Waals surface area (Å²) in [5.41, 5.74) is 6.54. The molecule has 0 saturated heterocycles. The highest BCUT2D eigenvalue weighted by molar-refractivity contribution is 6.33. The van der Waals surface area contributed by atoms with Crippen LogP contribution in [0.25, 0.3) is 0 Å². The van der Waals surface area contributed by atoms with Gasteiger partial charge in [-0.3, -0.25) is 4.79 Å².